The SMILES string of the molecule is CCCS(=O)(=O)Nc1ncnc(OCCOc2ncc(SC)cn2)c1Oc1cc(OC)ccc1Cl. The third kappa shape index (κ3) is 7.73. The predicted molar refractivity (Wildman–Crippen MR) is 133 cm³/mol. The maximum absolute atomic E-state index is 12.4. The fraction of sp³-hybridized carbons (Fsp3) is 0.333. The van der Waals surface area contributed by atoms with Gasteiger partial charge in [-0.15, -0.1) is 11.8 Å². The molecule has 3 rings (SSSR count). The number of rotatable bonds is 13. The summed E-state index contributed by atoms with van der Waals surface area (Å²) in [4.78, 5) is 17.2. The Balaban J connectivity index is 1.81. The van der Waals surface area contributed by atoms with E-state index >= 15 is 0 Å². The molecular formula is C21H24ClN5O6S2. The molecule has 188 valence electrons. The Labute approximate surface area is 212 Å². The Bertz CT molecular complexity index is 1230. The highest BCUT2D eigenvalue weighted by molar-refractivity contribution is 7.98. The van der Waals surface area contributed by atoms with Crippen LogP contribution in [0.25, 0.3) is 0 Å². The maximum Gasteiger partial charge on any atom is 0.316 e. The Morgan fingerprint density at radius 2 is 1.83 bits per heavy atom. The minimum absolute atomic E-state index is 0.0182. The van der Waals surface area contributed by atoms with Gasteiger partial charge in [0.25, 0.3) is 5.88 Å². The molecule has 14 heteroatoms. The van der Waals surface area contributed by atoms with Crippen LogP contribution < -0.4 is 23.7 Å². The summed E-state index contributed by atoms with van der Waals surface area (Å²) in [6, 6.07) is 4.98. The van der Waals surface area contributed by atoms with Crippen LogP contribution in [0.5, 0.6) is 29.1 Å². The molecule has 0 spiro atoms. The number of hydrogen-bond acceptors (Lipinski definition) is 11. The van der Waals surface area contributed by atoms with E-state index in [-0.39, 0.29) is 53.2 Å². The summed E-state index contributed by atoms with van der Waals surface area (Å²) in [5, 5.41) is 0.261. The monoisotopic (exact) mass is 541 g/mol. The first-order chi connectivity index (χ1) is 16.8. The van der Waals surface area contributed by atoms with Gasteiger partial charge in [-0.1, -0.05) is 18.5 Å². The molecule has 0 bridgehead atoms. The molecule has 0 saturated carbocycles. The number of anilines is 1. The summed E-state index contributed by atoms with van der Waals surface area (Å²) < 4.78 is 49.5. The molecule has 0 radical (unpaired) electrons. The quantitative estimate of drug-likeness (QED) is 0.248. The van der Waals surface area contributed by atoms with Crippen LogP contribution in [0.1, 0.15) is 13.3 Å². The Kier molecular flexibility index (Phi) is 9.57. The molecule has 1 aromatic carbocycles. The summed E-state index contributed by atoms with van der Waals surface area (Å²) >= 11 is 7.79. The highest BCUT2D eigenvalue weighted by Gasteiger charge is 2.21. The van der Waals surface area contributed by atoms with Gasteiger partial charge in [0.1, 0.15) is 31.0 Å². The van der Waals surface area contributed by atoms with Crippen molar-refractivity contribution in [1.82, 2.24) is 19.9 Å². The fourth-order valence-electron chi connectivity index (χ4n) is 2.65. The largest absolute Gasteiger partial charge is 0.497 e. The second-order valence-electron chi connectivity index (χ2n) is 6.78. The molecule has 0 fully saturated rings. The molecule has 0 amide bonds. The summed E-state index contributed by atoms with van der Waals surface area (Å²) in [5.41, 5.74) is 0. The minimum atomic E-state index is -3.68. The molecule has 1 N–H and O–H groups in total. The molecule has 0 unspecified atom stereocenters. The smallest absolute Gasteiger partial charge is 0.316 e. The summed E-state index contributed by atoms with van der Waals surface area (Å²) in [6.45, 7) is 1.88. The number of nitrogens with one attached hydrogen (secondary N) is 1. The van der Waals surface area contributed by atoms with Gasteiger partial charge in [-0.05, 0) is 24.8 Å². The molecule has 0 saturated heterocycles. The van der Waals surface area contributed by atoms with Gasteiger partial charge >= 0.3 is 6.01 Å². The van der Waals surface area contributed by atoms with Crippen LogP contribution in [0, 0.1) is 0 Å². The topological polar surface area (TPSA) is 135 Å². The highest BCUT2D eigenvalue weighted by atomic mass is 35.5. The van der Waals surface area contributed by atoms with Crippen molar-refractivity contribution in [2.24, 2.45) is 0 Å². The molecule has 35 heavy (non-hydrogen) atoms. The average molecular weight is 542 g/mol. The Morgan fingerprint density at radius 1 is 1.09 bits per heavy atom. The van der Waals surface area contributed by atoms with Crippen molar-refractivity contribution in [1.29, 1.82) is 0 Å². The minimum Gasteiger partial charge on any atom is -0.497 e. The first-order valence-corrected chi connectivity index (χ1v) is 13.6. The van der Waals surface area contributed by atoms with Crippen LogP contribution in [0.3, 0.4) is 0 Å². The van der Waals surface area contributed by atoms with Crippen LogP contribution in [0.4, 0.5) is 5.82 Å². The zero-order valence-corrected chi connectivity index (χ0v) is 21.6. The number of benzene rings is 1. The van der Waals surface area contributed by atoms with E-state index < -0.39 is 10.0 Å². The van der Waals surface area contributed by atoms with E-state index in [9.17, 15) is 8.42 Å². The zero-order valence-electron chi connectivity index (χ0n) is 19.2. The van der Waals surface area contributed by atoms with Gasteiger partial charge in [-0.25, -0.2) is 23.4 Å². The molecule has 0 aliphatic carbocycles. The number of thioether (sulfide) groups is 1. The van der Waals surface area contributed by atoms with Gasteiger partial charge in [0.15, 0.2) is 5.82 Å². The van der Waals surface area contributed by atoms with E-state index in [0.717, 1.165) is 11.2 Å². The fourth-order valence-corrected chi connectivity index (χ4v) is 4.20. The summed E-state index contributed by atoms with van der Waals surface area (Å²) in [7, 11) is -2.19. The molecule has 0 atom stereocenters. The summed E-state index contributed by atoms with van der Waals surface area (Å²) in [5.74, 6) is 0.394. The van der Waals surface area contributed by atoms with Crippen molar-refractivity contribution < 1.29 is 27.4 Å². The number of hydrogen-bond donors (Lipinski definition) is 1. The average Bonchev–Trinajstić information content (AvgIpc) is 2.84. The van der Waals surface area contributed by atoms with Gasteiger partial charge in [-0.2, -0.15) is 4.98 Å². The molecule has 0 aliphatic heterocycles. The number of nitrogens with zero attached hydrogens (tertiary/aromatic N) is 4. The van der Waals surface area contributed by atoms with Crippen LogP contribution in [-0.2, 0) is 10.0 Å². The van der Waals surface area contributed by atoms with E-state index in [2.05, 4.69) is 24.7 Å². The van der Waals surface area contributed by atoms with Crippen molar-refractivity contribution >= 4 is 39.2 Å². The van der Waals surface area contributed by atoms with Crippen LogP contribution in [0.15, 0.2) is 41.8 Å². The van der Waals surface area contributed by atoms with Crippen molar-refractivity contribution in [3.8, 4) is 29.1 Å². The van der Waals surface area contributed by atoms with Crippen LogP contribution in [0.2, 0.25) is 5.02 Å². The van der Waals surface area contributed by atoms with E-state index in [1.54, 1.807) is 37.5 Å². The number of methoxy groups -OCH3 is 1. The highest BCUT2D eigenvalue weighted by Crippen LogP contribution is 2.40. The van der Waals surface area contributed by atoms with E-state index in [1.165, 1.54) is 18.9 Å². The number of halogens is 1. The Morgan fingerprint density at radius 3 is 2.51 bits per heavy atom. The standard InChI is InChI=1S/C21H24ClN5O6S2/c1-4-9-35(28,29)27-19-18(33-17-10-14(30-2)5-6-16(17)22)20(26-13-25-19)31-7-8-32-21-23-11-15(34-3)12-24-21/h5-6,10-13H,4,7-9H2,1-3H3,(H,25,26,27). The second-order valence-corrected chi connectivity index (χ2v) is 9.91. The van der Waals surface area contributed by atoms with E-state index in [0.29, 0.717) is 12.2 Å². The summed E-state index contributed by atoms with van der Waals surface area (Å²) in [6.07, 6.45) is 6.79. The van der Waals surface area contributed by atoms with Crippen molar-refractivity contribution in [3.05, 3.63) is 41.9 Å². The predicted octanol–water partition coefficient (Wildman–Crippen LogP) is 4.05. The van der Waals surface area contributed by atoms with Gasteiger partial charge < -0.3 is 18.9 Å². The van der Waals surface area contributed by atoms with Crippen LogP contribution in [-0.4, -0.2) is 60.7 Å². The zero-order chi connectivity index (χ0) is 25.3. The van der Waals surface area contributed by atoms with E-state index in [1.807, 2.05) is 6.26 Å². The van der Waals surface area contributed by atoms with Crippen molar-refractivity contribution in [2.75, 3.05) is 37.1 Å². The third-order valence-electron chi connectivity index (χ3n) is 4.24. The molecule has 3 aromatic rings. The lowest BCUT2D eigenvalue weighted by Crippen LogP contribution is -2.18. The maximum atomic E-state index is 12.4. The number of ether oxygens (including phenoxy) is 4. The van der Waals surface area contributed by atoms with Crippen molar-refractivity contribution in [3.63, 3.8) is 0 Å². The first-order valence-electron chi connectivity index (χ1n) is 10.3. The molecule has 2 heterocycles. The normalized spacial score (nSPS) is 11.1. The first kappa shape index (κ1) is 26.6. The Hall–Kier alpha value is -3.03. The number of aromatic nitrogens is 4. The lowest BCUT2D eigenvalue weighted by Gasteiger charge is -2.16. The lowest BCUT2D eigenvalue weighted by atomic mass is 10.3. The third-order valence-corrected chi connectivity index (χ3v) is 6.68. The second kappa shape index (κ2) is 12.6. The van der Waals surface area contributed by atoms with Gasteiger partial charge in [0.05, 0.1) is 17.9 Å². The van der Waals surface area contributed by atoms with Gasteiger partial charge in [0.2, 0.25) is 15.8 Å². The van der Waals surface area contributed by atoms with Gasteiger partial charge in [0, 0.05) is 23.4 Å². The molecule has 0 aliphatic rings. The molecule has 2 aromatic heterocycles. The van der Waals surface area contributed by atoms with Gasteiger partial charge in [-0.3, -0.25) is 4.72 Å². The van der Waals surface area contributed by atoms with E-state index in [4.69, 9.17) is 30.5 Å². The van der Waals surface area contributed by atoms with Crippen LogP contribution >= 0.6 is 23.4 Å². The van der Waals surface area contributed by atoms with Crippen molar-refractivity contribution in [2.45, 2.75) is 18.2 Å². The molecule has 11 nitrogen and oxygen atoms in total. The lowest BCUT2D eigenvalue weighted by molar-refractivity contribution is 0.197. The number of sulfonamides is 1. The molecular weight excluding hydrogens is 518 g/mol.